The highest BCUT2D eigenvalue weighted by atomic mass is 16.2. The van der Waals surface area contributed by atoms with E-state index in [1.54, 1.807) is 23.3 Å². The van der Waals surface area contributed by atoms with E-state index in [1.165, 1.54) is 0 Å². The summed E-state index contributed by atoms with van der Waals surface area (Å²) >= 11 is 0. The van der Waals surface area contributed by atoms with Gasteiger partial charge in [0.25, 0.3) is 0 Å². The van der Waals surface area contributed by atoms with E-state index in [4.69, 9.17) is 0 Å². The van der Waals surface area contributed by atoms with Crippen molar-refractivity contribution in [1.29, 1.82) is 0 Å². The Labute approximate surface area is 145 Å². The fourth-order valence-electron chi connectivity index (χ4n) is 3.46. The fourth-order valence-corrected chi connectivity index (χ4v) is 3.46. The number of hydrogen-bond acceptors (Lipinski definition) is 4. The Morgan fingerprint density at radius 1 is 1.32 bits per heavy atom. The van der Waals surface area contributed by atoms with Gasteiger partial charge in [-0.15, -0.1) is 0 Å². The topological polar surface area (TPSA) is 79.7 Å². The third kappa shape index (κ3) is 3.05. The van der Waals surface area contributed by atoms with Crippen molar-refractivity contribution in [2.45, 2.75) is 32.4 Å². The predicted molar refractivity (Wildman–Crippen MR) is 92.5 cm³/mol. The number of carbonyl (C=O) groups is 1. The summed E-state index contributed by atoms with van der Waals surface area (Å²) < 4.78 is 1.70. The lowest BCUT2D eigenvalue weighted by molar-refractivity contribution is -0.133. The van der Waals surface area contributed by atoms with Gasteiger partial charge < -0.3 is 4.90 Å². The van der Waals surface area contributed by atoms with E-state index in [9.17, 15) is 4.79 Å². The van der Waals surface area contributed by atoms with Crippen LogP contribution < -0.4 is 0 Å². The van der Waals surface area contributed by atoms with E-state index >= 15 is 0 Å². The predicted octanol–water partition coefficient (Wildman–Crippen LogP) is 2.34. The van der Waals surface area contributed by atoms with E-state index in [0.29, 0.717) is 0 Å². The molecular formula is C18H20N6O. The number of aromatic nitrogens is 5. The highest BCUT2D eigenvalue weighted by molar-refractivity contribution is 5.77. The molecule has 1 amide bonds. The molecule has 0 saturated carbocycles. The lowest BCUT2D eigenvalue weighted by atomic mass is 10.0. The molecule has 0 aromatic carbocycles. The van der Waals surface area contributed by atoms with Crippen molar-refractivity contribution in [3.05, 3.63) is 54.4 Å². The molecule has 1 aliphatic rings. The van der Waals surface area contributed by atoms with Gasteiger partial charge >= 0.3 is 0 Å². The van der Waals surface area contributed by atoms with E-state index < -0.39 is 0 Å². The average molecular weight is 336 g/mol. The monoisotopic (exact) mass is 336 g/mol. The molecule has 0 spiro atoms. The van der Waals surface area contributed by atoms with Crippen LogP contribution in [0.5, 0.6) is 0 Å². The second-order valence-electron chi connectivity index (χ2n) is 6.39. The quantitative estimate of drug-likeness (QED) is 0.793. The summed E-state index contributed by atoms with van der Waals surface area (Å²) in [5, 5.41) is 11.6. The molecule has 1 atom stereocenters. The first kappa shape index (κ1) is 15.6. The van der Waals surface area contributed by atoms with Gasteiger partial charge in [0.2, 0.25) is 5.91 Å². The zero-order chi connectivity index (χ0) is 17.2. The molecule has 7 nitrogen and oxygen atoms in total. The molecule has 1 N–H and O–H groups in total. The Morgan fingerprint density at radius 3 is 2.92 bits per heavy atom. The minimum atomic E-state index is 0.0230. The third-order valence-corrected chi connectivity index (χ3v) is 4.63. The smallest absolute Gasteiger partial charge is 0.244 e. The van der Waals surface area contributed by atoms with Crippen LogP contribution in [0.4, 0.5) is 0 Å². The Morgan fingerprint density at radius 2 is 2.16 bits per heavy atom. The van der Waals surface area contributed by atoms with Gasteiger partial charge in [0.1, 0.15) is 6.54 Å². The van der Waals surface area contributed by atoms with Crippen molar-refractivity contribution in [2.24, 2.45) is 0 Å². The Bertz CT molecular complexity index is 869. The Balaban J connectivity index is 1.58. The fraction of sp³-hybridized carbons (Fsp3) is 0.333. The molecule has 128 valence electrons. The third-order valence-electron chi connectivity index (χ3n) is 4.63. The summed E-state index contributed by atoms with van der Waals surface area (Å²) in [6.45, 7) is 3.00. The molecule has 0 aliphatic carbocycles. The van der Waals surface area contributed by atoms with Crippen molar-refractivity contribution >= 4 is 5.91 Å². The van der Waals surface area contributed by atoms with Crippen LogP contribution in [0.3, 0.4) is 0 Å². The summed E-state index contributed by atoms with van der Waals surface area (Å²) in [4.78, 5) is 18.8. The second kappa shape index (κ2) is 6.51. The SMILES string of the molecule is Cc1cnn(CC(=O)N2CCC[C@@H]2c2[nH]ncc2-c2ccncc2)c1. The number of carbonyl (C=O) groups excluding carboxylic acids is 1. The maximum atomic E-state index is 12.8. The number of pyridine rings is 1. The molecule has 0 bridgehead atoms. The lowest BCUT2D eigenvalue weighted by Gasteiger charge is -2.24. The van der Waals surface area contributed by atoms with Crippen molar-refractivity contribution in [1.82, 2.24) is 29.9 Å². The molecule has 1 fully saturated rings. The van der Waals surface area contributed by atoms with Crippen LogP contribution in [0.25, 0.3) is 11.1 Å². The molecule has 1 saturated heterocycles. The molecule has 4 heterocycles. The van der Waals surface area contributed by atoms with E-state index in [1.807, 2.05) is 36.4 Å². The molecule has 1 aliphatic heterocycles. The second-order valence-corrected chi connectivity index (χ2v) is 6.39. The maximum absolute atomic E-state index is 12.8. The number of aryl methyl sites for hydroxylation is 1. The highest BCUT2D eigenvalue weighted by Gasteiger charge is 2.32. The minimum Gasteiger partial charge on any atom is -0.332 e. The van der Waals surface area contributed by atoms with Crippen LogP contribution in [-0.4, -0.2) is 42.3 Å². The van der Waals surface area contributed by atoms with Gasteiger partial charge in [0.05, 0.1) is 24.1 Å². The molecule has 7 heteroatoms. The number of H-pyrrole nitrogens is 1. The number of amides is 1. The minimum absolute atomic E-state index is 0.0230. The van der Waals surface area contributed by atoms with Crippen molar-refractivity contribution < 1.29 is 4.79 Å². The number of likely N-dealkylation sites (tertiary alicyclic amines) is 1. The van der Waals surface area contributed by atoms with Crippen LogP contribution in [0.2, 0.25) is 0 Å². The van der Waals surface area contributed by atoms with Crippen molar-refractivity contribution in [3.8, 4) is 11.1 Å². The Hall–Kier alpha value is -2.96. The highest BCUT2D eigenvalue weighted by Crippen LogP contribution is 2.36. The normalized spacial score (nSPS) is 17.2. The molecule has 4 rings (SSSR count). The number of rotatable bonds is 4. The van der Waals surface area contributed by atoms with Gasteiger partial charge in [0, 0.05) is 30.7 Å². The first-order valence-electron chi connectivity index (χ1n) is 8.44. The van der Waals surface area contributed by atoms with E-state index in [2.05, 4.69) is 20.3 Å². The summed E-state index contributed by atoms with van der Waals surface area (Å²) in [5.74, 6) is 0.0841. The zero-order valence-corrected chi connectivity index (χ0v) is 14.1. The van der Waals surface area contributed by atoms with Crippen LogP contribution >= 0.6 is 0 Å². The van der Waals surface area contributed by atoms with Gasteiger partial charge in [-0.05, 0) is 43.0 Å². The van der Waals surface area contributed by atoms with Crippen LogP contribution in [0.15, 0.2) is 43.1 Å². The number of nitrogens with one attached hydrogen (secondary N) is 1. The largest absolute Gasteiger partial charge is 0.332 e. The summed E-state index contributed by atoms with van der Waals surface area (Å²) in [6, 6.07) is 3.94. The van der Waals surface area contributed by atoms with Gasteiger partial charge in [-0.1, -0.05) is 0 Å². The van der Waals surface area contributed by atoms with Crippen LogP contribution in [0, 0.1) is 6.92 Å². The Kier molecular flexibility index (Phi) is 4.05. The maximum Gasteiger partial charge on any atom is 0.244 e. The van der Waals surface area contributed by atoms with Gasteiger partial charge in [-0.25, -0.2) is 0 Å². The first-order valence-corrected chi connectivity index (χ1v) is 8.44. The van der Waals surface area contributed by atoms with Crippen LogP contribution in [0.1, 0.15) is 30.1 Å². The standard InChI is InChI=1S/C18H20N6O/c1-13-9-21-23(11-13)12-17(25)24-8-2-3-16(24)18-15(10-20-22-18)14-4-6-19-7-5-14/h4-7,9-11,16H,2-3,8,12H2,1H3,(H,20,22)/t16-/m1/s1. The van der Waals surface area contributed by atoms with Crippen molar-refractivity contribution in [2.75, 3.05) is 6.54 Å². The molecule has 25 heavy (non-hydrogen) atoms. The number of aromatic amines is 1. The average Bonchev–Trinajstić information content (AvgIpc) is 3.35. The molecule has 0 unspecified atom stereocenters. The molecule has 3 aromatic rings. The lowest BCUT2D eigenvalue weighted by Crippen LogP contribution is -2.33. The molecule has 0 radical (unpaired) electrons. The molecule has 3 aromatic heterocycles. The van der Waals surface area contributed by atoms with E-state index in [0.717, 1.165) is 41.8 Å². The summed E-state index contributed by atoms with van der Waals surface area (Å²) in [5.41, 5.74) is 4.13. The number of nitrogens with zero attached hydrogens (tertiary/aromatic N) is 5. The summed E-state index contributed by atoms with van der Waals surface area (Å²) in [6.07, 6.45) is 10.9. The summed E-state index contributed by atoms with van der Waals surface area (Å²) in [7, 11) is 0. The van der Waals surface area contributed by atoms with Gasteiger partial charge in [-0.2, -0.15) is 10.2 Å². The van der Waals surface area contributed by atoms with Crippen LogP contribution in [-0.2, 0) is 11.3 Å². The zero-order valence-electron chi connectivity index (χ0n) is 14.1. The van der Waals surface area contributed by atoms with Gasteiger partial charge in [0.15, 0.2) is 0 Å². The van der Waals surface area contributed by atoms with Crippen molar-refractivity contribution in [3.63, 3.8) is 0 Å². The number of hydrogen-bond donors (Lipinski definition) is 1. The first-order chi connectivity index (χ1) is 12.2. The van der Waals surface area contributed by atoms with Gasteiger partial charge in [-0.3, -0.25) is 19.6 Å². The van der Waals surface area contributed by atoms with E-state index in [-0.39, 0.29) is 18.5 Å². The molecular weight excluding hydrogens is 316 g/mol.